The first-order chi connectivity index (χ1) is 15.0. The van der Waals surface area contributed by atoms with Crippen molar-refractivity contribution in [3.8, 4) is 0 Å². The van der Waals surface area contributed by atoms with Crippen LogP contribution in [0.25, 0.3) is 21.9 Å². The number of aromatic amines is 1. The van der Waals surface area contributed by atoms with Crippen LogP contribution in [0.3, 0.4) is 0 Å². The van der Waals surface area contributed by atoms with Gasteiger partial charge in [-0.3, -0.25) is 14.2 Å². The Morgan fingerprint density at radius 1 is 1.00 bits per heavy atom. The van der Waals surface area contributed by atoms with Gasteiger partial charge in [0.15, 0.2) is 0 Å². The highest BCUT2D eigenvalue weighted by molar-refractivity contribution is 6.04. The first-order valence-electron chi connectivity index (χ1n) is 9.94. The molecule has 3 heterocycles. The van der Waals surface area contributed by atoms with Gasteiger partial charge in [0.1, 0.15) is 29.2 Å². The van der Waals surface area contributed by atoms with Crippen LogP contribution >= 0.6 is 0 Å². The summed E-state index contributed by atoms with van der Waals surface area (Å²) in [4.78, 5) is 36.7. The van der Waals surface area contributed by atoms with Crippen molar-refractivity contribution in [2.24, 2.45) is 0 Å². The summed E-state index contributed by atoms with van der Waals surface area (Å²) in [6, 6.07) is 10.5. The van der Waals surface area contributed by atoms with Crippen LogP contribution in [0.4, 0.5) is 14.5 Å². The van der Waals surface area contributed by atoms with E-state index in [-0.39, 0.29) is 29.3 Å². The molecule has 158 valence electrons. The van der Waals surface area contributed by atoms with Gasteiger partial charge in [0.2, 0.25) is 5.91 Å². The fraction of sp³-hybridized carbons (Fsp3) is 0.227. The second kappa shape index (κ2) is 7.50. The average Bonchev–Trinajstić information content (AvgIpc) is 3.15. The molecule has 1 N–H and O–H groups in total. The molecule has 0 unspecified atom stereocenters. The quantitative estimate of drug-likeness (QED) is 0.550. The maximum atomic E-state index is 13.6. The number of benzene rings is 2. The van der Waals surface area contributed by atoms with E-state index in [4.69, 9.17) is 0 Å². The number of fused-ring (bicyclic) bond motifs is 3. The molecule has 1 amide bonds. The van der Waals surface area contributed by atoms with E-state index in [2.05, 4.69) is 14.9 Å². The number of rotatable bonds is 3. The molecule has 0 bridgehead atoms. The fourth-order valence-corrected chi connectivity index (χ4v) is 3.99. The number of piperazine rings is 1. The number of H-pyrrole nitrogens is 1. The molecular formula is C22H19F2N5O2. The average molecular weight is 423 g/mol. The first kappa shape index (κ1) is 19.2. The van der Waals surface area contributed by atoms with Gasteiger partial charge in [-0.1, -0.05) is 0 Å². The van der Waals surface area contributed by atoms with Gasteiger partial charge in [-0.2, -0.15) is 0 Å². The molecule has 1 fully saturated rings. The van der Waals surface area contributed by atoms with E-state index in [0.29, 0.717) is 42.6 Å². The van der Waals surface area contributed by atoms with Crippen molar-refractivity contribution >= 4 is 33.5 Å². The zero-order valence-corrected chi connectivity index (χ0v) is 16.5. The molecule has 0 spiro atoms. The predicted octanol–water partition coefficient (Wildman–Crippen LogP) is 2.50. The molecule has 5 rings (SSSR count). The van der Waals surface area contributed by atoms with Crippen molar-refractivity contribution in [2.45, 2.75) is 6.54 Å². The lowest BCUT2D eigenvalue weighted by molar-refractivity contribution is -0.132. The van der Waals surface area contributed by atoms with Crippen LogP contribution in [0.5, 0.6) is 0 Å². The van der Waals surface area contributed by atoms with Crippen molar-refractivity contribution in [1.82, 2.24) is 19.4 Å². The Balaban J connectivity index is 1.31. The number of nitrogens with zero attached hydrogens (tertiary/aromatic N) is 4. The zero-order chi connectivity index (χ0) is 21.5. The van der Waals surface area contributed by atoms with Crippen molar-refractivity contribution in [1.29, 1.82) is 0 Å². The first-order valence-corrected chi connectivity index (χ1v) is 9.94. The molecule has 4 aromatic rings. The van der Waals surface area contributed by atoms with Crippen molar-refractivity contribution in [2.75, 3.05) is 31.1 Å². The molecule has 0 aliphatic carbocycles. The highest BCUT2D eigenvalue weighted by Gasteiger charge is 2.22. The number of amides is 1. The molecule has 31 heavy (non-hydrogen) atoms. The summed E-state index contributed by atoms with van der Waals surface area (Å²) in [5.74, 6) is -0.868. The molecular weight excluding hydrogens is 404 g/mol. The number of aromatic nitrogens is 3. The minimum absolute atomic E-state index is 0.123. The topological polar surface area (TPSA) is 74.2 Å². The Kier molecular flexibility index (Phi) is 4.65. The number of carbonyl (C=O) groups excluding carboxylic acids is 1. The van der Waals surface area contributed by atoms with Crippen molar-refractivity contribution < 1.29 is 13.6 Å². The lowest BCUT2D eigenvalue weighted by Gasteiger charge is -2.36. The highest BCUT2D eigenvalue weighted by atomic mass is 19.1. The van der Waals surface area contributed by atoms with Crippen LogP contribution in [0, 0.1) is 11.6 Å². The Morgan fingerprint density at radius 3 is 2.45 bits per heavy atom. The third-order valence-corrected chi connectivity index (χ3v) is 5.66. The molecule has 0 saturated carbocycles. The molecule has 2 aromatic heterocycles. The molecule has 0 radical (unpaired) electrons. The van der Waals surface area contributed by atoms with E-state index in [9.17, 15) is 18.4 Å². The summed E-state index contributed by atoms with van der Waals surface area (Å²) in [6.07, 6.45) is 1.33. The van der Waals surface area contributed by atoms with Crippen LogP contribution in [0.1, 0.15) is 0 Å². The van der Waals surface area contributed by atoms with E-state index < -0.39 is 5.82 Å². The molecule has 2 aromatic carbocycles. The van der Waals surface area contributed by atoms with E-state index in [1.165, 1.54) is 35.2 Å². The standard InChI is InChI=1S/C22H19F2N5O2/c23-14-1-4-16(5-2-14)27-7-9-28(10-8-27)19(30)12-29-13-25-20-17-11-15(24)3-6-18(17)26-21(20)22(29)31/h1-6,11,13,26H,7-10,12H2. The van der Waals surface area contributed by atoms with Gasteiger partial charge < -0.3 is 14.8 Å². The van der Waals surface area contributed by atoms with Crippen LogP contribution in [0.2, 0.25) is 0 Å². The summed E-state index contributed by atoms with van der Waals surface area (Å²) in [5.41, 5.74) is 1.78. The van der Waals surface area contributed by atoms with Crippen LogP contribution in [-0.2, 0) is 11.3 Å². The summed E-state index contributed by atoms with van der Waals surface area (Å²) >= 11 is 0. The summed E-state index contributed by atoms with van der Waals surface area (Å²) in [7, 11) is 0. The summed E-state index contributed by atoms with van der Waals surface area (Å²) < 4.78 is 27.9. The van der Waals surface area contributed by atoms with Crippen LogP contribution in [-0.4, -0.2) is 51.5 Å². The second-order valence-electron chi connectivity index (χ2n) is 7.56. The molecule has 7 nitrogen and oxygen atoms in total. The maximum absolute atomic E-state index is 13.6. The number of hydrogen-bond donors (Lipinski definition) is 1. The Bertz CT molecular complexity index is 1340. The van der Waals surface area contributed by atoms with Gasteiger partial charge in [0.25, 0.3) is 5.56 Å². The van der Waals surface area contributed by atoms with E-state index in [1.54, 1.807) is 23.1 Å². The van der Waals surface area contributed by atoms with Gasteiger partial charge in [0.05, 0.1) is 6.33 Å². The smallest absolute Gasteiger partial charge is 0.278 e. The van der Waals surface area contributed by atoms with Gasteiger partial charge in [-0.15, -0.1) is 0 Å². The second-order valence-corrected chi connectivity index (χ2v) is 7.56. The zero-order valence-electron chi connectivity index (χ0n) is 16.5. The Hall–Kier alpha value is -3.75. The molecule has 9 heteroatoms. The minimum atomic E-state index is -0.408. The highest BCUT2D eigenvalue weighted by Crippen LogP contribution is 2.22. The lowest BCUT2D eigenvalue weighted by Crippen LogP contribution is -2.50. The monoisotopic (exact) mass is 423 g/mol. The summed E-state index contributed by atoms with van der Waals surface area (Å²) in [5, 5.41) is 0.530. The molecule has 1 saturated heterocycles. The molecule has 1 aliphatic heterocycles. The molecule has 1 aliphatic rings. The van der Waals surface area contributed by atoms with E-state index in [0.717, 1.165) is 5.69 Å². The normalized spacial score (nSPS) is 14.5. The Morgan fingerprint density at radius 2 is 1.71 bits per heavy atom. The van der Waals surface area contributed by atoms with E-state index >= 15 is 0 Å². The predicted molar refractivity (Wildman–Crippen MR) is 113 cm³/mol. The van der Waals surface area contributed by atoms with Gasteiger partial charge in [0, 0.05) is 42.8 Å². The van der Waals surface area contributed by atoms with Gasteiger partial charge in [-0.05, 0) is 42.5 Å². The molecule has 0 atom stereocenters. The van der Waals surface area contributed by atoms with Crippen LogP contribution in [0.15, 0.2) is 53.6 Å². The van der Waals surface area contributed by atoms with Crippen molar-refractivity contribution in [3.05, 3.63) is 70.8 Å². The maximum Gasteiger partial charge on any atom is 0.278 e. The summed E-state index contributed by atoms with van der Waals surface area (Å²) in [6.45, 7) is 2.13. The van der Waals surface area contributed by atoms with Gasteiger partial charge in [-0.25, -0.2) is 13.8 Å². The minimum Gasteiger partial charge on any atom is -0.368 e. The van der Waals surface area contributed by atoms with E-state index in [1.807, 2.05) is 0 Å². The largest absolute Gasteiger partial charge is 0.368 e. The number of hydrogen-bond acceptors (Lipinski definition) is 4. The number of halogens is 2. The number of carbonyl (C=O) groups is 1. The van der Waals surface area contributed by atoms with Crippen molar-refractivity contribution in [3.63, 3.8) is 0 Å². The fourth-order valence-electron chi connectivity index (χ4n) is 3.99. The SMILES string of the molecule is O=C(Cn1cnc2c([nH]c3ccc(F)cc32)c1=O)N1CCN(c2ccc(F)cc2)CC1. The number of nitrogens with one attached hydrogen (secondary N) is 1. The van der Waals surface area contributed by atoms with Gasteiger partial charge >= 0.3 is 0 Å². The number of anilines is 1. The Labute approximate surface area is 175 Å². The van der Waals surface area contributed by atoms with Crippen LogP contribution < -0.4 is 10.5 Å². The third-order valence-electron chi connectivity index (χ3n) is 5.66. The third kappa shape index (κ3) is 3.52. The lowest BCUT2D eigenvalue weighted by atomic mass is 10.2.